The lowest BCUT2D eigenvalue weighted by atomic mass is 10.2. The standard InChI is InChI=1S/C22H18O8/c23-17(13-11-15-7-3-1-4-8-15)29-19(21(25)26)20(22(27)28)30-18(24)14-12-16-9-5-2-6-10-16/h1-14,19-20H,(H,25,26)(H,27,28)/b13-11+,14-12+/t19-,20-/m1/s1. The zero-order valence-corrected chi connectivity index (χ0v) is 15.6. The Bertz CT molecular complexity index is 868. The summed E-state index contributed by atoms with van der Waals surface area (Å²) in [5, 5.41) is 18.5. The Kier molecular flexibility index (Phi) is 8.07. The number of ether oxygens (including phenoxy) is 2. The third-order valence-corrected chi connectivity index (χ3v) is 3.67. The van der Waals surface area contributed by atoms with Crippen LogP contribution < -0.4 is 0 Å². The molecule has 2 aromatic rings. The summed E-state index contributed by atoms with van der Waals surface area (Å²) in [6.07, 6.45) is 0.161. The second-order valence-corrected chi connectivity index (χ2v) is 5.88. The van der Waals surface area contributed by atoms with Crippen molar-refractivity contribution < 1.29 is 38.9 Å². The second-order valence-electron chi connectivity index (χ2n) is 5.88. The maximum Gasteiger partial charge on any atom is 0.349 e. The van der Waals surface area contributed by atoms with Gasteiger partial charge < -0.3 is 19.7 Å². The van der Waals surface area contributed by atoms with Gasteiger partial charge in [0.1, 0.15) is 0 Å². The van der Waals surface area contributed by atoms with Crippen LogP contribution in [0.15, 0.2) is 72.8 Å². The van der Waals surface area contributed by atoms with Crippen LogP contribution in [0.4, 0.5) is 0 Å². The molecule has 0 amide bonds. The van der Waals surface area contributed by atoms with E-state index in [0.717, 1.165) is 12.2 Å². The highest BCUT2D eigenvalue weighted by Crippen LogP contribution is 2.10. The summed E-state index contributed by atoms with van der Waals surface area (Å²) in [4.78, 5) is 46.8. The summed E-state index contributed by atoms with van der Waals surface area (Å²) < 4.78 is 9.43. The number of rotatable bonds is 9. The van der Waals surface area contributed by atoms with Crippen LogP contribution >= 0.6 is 0 Å². The van der Waals surface area contributed by atoms with Crippen LogP contribution in [0.3, 0.4) is 0 Å². The molecule has 0 fully saturated rings. The summed E-state index contributed by atoms with van der Waals surface area (Å²) in [5.41, 5.74) is 1.29. The third-order valence-electron chi connectivity index (χ3n) is 3.67. The minimum absolute atomic E-state index is 0.647. The topological polar surface area (TPSA) is 127 Å². The van der Waals surface area contributed by atoms with Gasteiger partial charge in [0.05, 0.1) is 0 Å². The van der Waals surface area contributed by atoms with Gasteiger partial charge in [-0.25, -0.2) is 19.2 Å². The van der Waals surface area contributed by atoms with Crippen molar-refractivity contribution in [1.29, 1.82) is 0 Å². The predicted octanol–water partition coefficient (Wildman–Crippen LogP) is 2.41. The zero-order valence-electron chi connectivity index (χ0n) is 15.6. The van der Waals surface area contributed by atoms with Gasteiger partial charge >= 0.3 is 23.9 Å². The molecule has 30 heavy (non-hydrogen) atoms. The molecule has 0 saturated carbocycles. The number of carboxylic acids is 2. The summed E-state index contributed by atoms with van der Waals surface area (Å²) in [5.74, 6) is -5.76. The first-order valence-corrected chi connectivity index (χ1v) is 8.70. The van der Waals surface area contributed by atoms with Crippen molar-refractivity contribution in [1.82, 2.24) is 0 Å². The lowest BCUT2D eigenvalue weighted by Gasteiger charge is -2.19. The molecule has 0 aliphatic heterocycles. The van der Waals surface area contributed by atoms with Crippen LogP contribution in [0.5, 0.6) is 0 Å². The SMILES string of the molecule is O=C(/C=C/c1ccccc1)O[C@@H](C(=O)O)[C@@H](OC(=O)/C=C/c1ccccc1)C(=O)O. The molecule has 0 saturated heterocycles. The molecule has 154 valence electrons. The van der Waals surface area contributed by atoms with E-state index in [2.05, 4.69) is 0 Å². The fourth-order valence-corrected chi connectivity index (χ4v) is 2.27. The molecule has 0 aliphatic carbocycles. The fourth-order valence-electron chi connectivity index (χ4n) is 2.27. The molecule has 2 atom stereocenters. The Hall–Kier alpha value is -4.20. The van der Waals surface area contributed by atoms with Gasteiger partial charge in [0, 0.05) is 12.2 Å². The maximum atomic E-state index is 11.9. The average molecular weight is 410 g/mol. The number of hydrogen-bond acceptors (Lipinski definition) is 6. The van der Waals surface area contributed by atoms with Crippen LogP contribution in [-0.4, -0.2) is 46.3 Å². The van der Waals surface area contributed by atoms with Crippen LogP contribution in [0.2, 0.25) is 0 Å². The van der Waals surface area contributed by atoms with Gasteiger partial charge in [0.15, 0.2) is 0 Å². The van der Waals surface area contributed by atoms with E-state index in [-0.39, 0.29) is 0 Å². The molecule has 2 aromatic carbocycles. The van der Waals surface area contributed by atoms with Crippen LogP contribution in [0, 0.1) is 0 Å². The molecule has 0 radical (unpaired) electrons. The smallest absolute Gasteiger partial charge is 0.349 e. The number of aliphatic carboxylic acids is 2. The first-order valence-electron chi connectivity index (χ1n) is 8.70. The van der Waals surface area contributed by atoms with Crippen molar-refractivity contribution in [3.8, 4) is 0 Å². The predicted molar refractivity (Wildman–Crippen MR) is 106 cm³/mol. The number of benzene rings is 2. The third kappa shape index (κ3) is 7.08. The van der Waals surface area contributed by atoms with Gasteiger partial charge in [-0.05, 0) is 23.3 Å². The molecule has 2 N–H and O–H groups in total. The van der Waals surface area contributed by atoms with E-state index < -0.39 is 36.1 Å². The summed E-state index contributed by atoms with van der Waals surface area (Å²) >= 11 is 0. The molecule has 0 bridgehead atoms. The van der Waals surface area contributed by atoms with Crippen LogP contribution in [-0.2, 0) is 28.7 Å². The molecule has 0 unspecified atom stereocenters. The quantitative estimate of drug-likeness (QED) is 0.477. The summed E-state index contributed by atoms with van der Waals surface area (Å²) in [6.45, 7) is 0. The Morgan fingerprint density at radius 3 is 1.27 bits per heavy atom. The first-order chi connectivity index (χ1) is 14.4. The molecule has 8 nitrogen and oxygen atoms in total. The van der Waals surface area contributed by atoms with Gasteiger partial charge in [0.25, 0.3) is 0 Å². The largest absolute Gasteiger partial charge is 0.478 e. The van der Waals surface area contributed by atoms with E-state index >= 15 is 0 Å². The lowest BCUT2D eigenvalue weighted by Crippen LogP contribution is -2.45. The molecular formula is C22H18O8. The molecule has 2 rings (SSSR count). The minimum Gasteiger partial charge on any atom is -0.478 e. The van der Waals surface area contributed by atoms with E-state index in [1.54, 1.807) is 60.7 Å². The Balaban J connectivity index is 2.07. The van der Waals surface area contributed by atoms with Crippen molar-refractivity contribution in [2.45, 2.75) is 12.2 Å². The number of hydrogen-bond donors (Lipinski definition) is 2. The highest BCUT2D eigenvalue weighted by molar-refractivity contribution is 5.93. The van der Waals surface area contributed by atoms with E-state index in [9.17, 15) is 29.4 Å². The molecule has 0 aromatic heterocycles. The van der Waals surface area contributed by atoms with Crippen LogP contribution in [0.1, 0.15) is 11.1 Å². The number of esters is 2. The van der Waals surface area contributed by atoms with Gasteiger partial charge in [-0.15, -0.1) is 0 Å². The van der Waals surface area contributed by atoms with Crippen molar-refractivity contribution in [3.05, 3.63) is 83.9 Å². The van der Waals surface area contributed by atoms with E-state index in [1.807, 2.05) is 0 Å². The molecule has 0 heterocycles. The average Bonchev–Trinajstić information content (AvgIpc) is 2.74. The second kappa shape index (κ2) is 11.0. The van der Waals surface area contributed by atoms with Gasteiger partial charge in [-0.2, -0.15) is 0 Å². The summed E-state index contributed by atoms with van der Waals surface area (Å²) in [7, 11) is 0. The van der Waals surface area contributed by atoms with Gasteiger partial charge in [0.2, 0.25) is 12.2 Å². The highest BCUT2D eigenvalue weighted by atomic mass is 16.6. The number of carbonyl (C=O) groups is 4. The molecule has 8 heteroatoms. The molecule has 0 spiro atoms. The van der Waals surface area contributed by atoms with Gasteiger partial charge in [-0.1, -0.05) is 60.7 Å². The monoisotopic (exact) mass is 410 g/mol. The van der Waals surface area contributed by atoms with E-state index in [1.165, 1.54) is 12.2 Å². The normalized spacial score (nSPS) is 12.9. The Morgan fingerprint density at radius 1 is 0.633 bits per heavy atom. The van der Waals surface area contributed by atoms with Gasteiger partial charge in [-0.3, -0.25) is 0 Å². The van der Waals surface area contributed by atoms with Crippen molar-refractivity contribution >= 4 is 36.0 Å². The highest BCUT2D eigenvalue weighted by Gasteiger charge is 2.40. The molecular weight excluding hydrogens is 392 g/mol. The number of carboxylic acid groups (broad SMARTS) is 2. The van der Waals surface area contributed by atoms with E-state index in [4.69, 9.17) is 9.47 Å². The van der Waals surface area contributed by atoms with Crippen molar-refractivity contribution in [3.63, 3.8) is 0 Å². The Labute approximate surface area is 171 Å². The Morgan fingerprint density at radius 2 is 0.967 bits per heavy atom. The maximum absolute atomic E-state index is 11.9. The van der Waals surface area contributed by atoms with Crippen molar-refractivity contribution in [2.24, 2.45) is 0 Å². The lowest BCUT2D eigenvalue weighted by molar-refractivity contribution is -0.183. The fraction of sp³-hybridized carbons (Fsp3) is 0.0909. The number of carbonyl (C=O) groups excluding carboxylic acids is 2. The summed E-state index contributed by atoms with van der Waals surface area (Å²) in [6, 6.07) is 17.2. The van der Waals surface area contributed by atoms with Crippen molar-refractivity contribution in [2.75, 3.05) is 0 Å². The van der Waals surface area contributed by atoms with Crippen LogP contribution in [0.25, 0.3) is 12.2 Å². The first kappa shape index (κ1) is 22.1. The van der Waals surface area contributed by atoms with E-state index in [0.29, 0.717) is 11.1 Å². The molecule has 0 aliphatic rings. The zero-order chi connectivity index (χ0) is 21.9. The minimum atomic E-state index is -2.23.